The topological polar surface area (TPSA) is 51.2 Å². The van der Waals surface area contributed by atoms with Crippen LogP contribution in [0.4, 0.5) is 8.78 Å². The molecule has 29 heavy (non-hydrogen) atoms. The molecule has 2 heterocycles. The summed E-state index contributed by atoms with van der Waals surface area (Å²) in [7, 11) is 1.73. The van der Waals surface area contributed by atoms with Gasteiger partial charge in [-0.15, -0.1) is 0 Å². The van der Waals surface area contributed by atoms with E-state index >= 15 is 0 Å². The summed E-state index contributed by atoms with van der Waals surface area (Å²) in [5, 5.41) is 3.26. The van der Waals surface area contributed by atoms with Crippen molar-refractivity contribution in [3.8, 4) is 0 Å². The van der Waals surface area contributed by atoms with Gasteiger partial charge in [0.2, 0.25) is 5.91 Å². The van der Waals surface area contributed by atoms with Crippen molar-refractivity contribution >= 4 is 11.9 Å². The number of guanidine groups is 1. The molecule has 2 aliphatic rings. The molecule has 3 rings (SSSR count). The first kappa shape index (κ1) is 21.5. The highest BCUT2D eigenvalue weighted by Gasteiger charge is 2.30. The lowest BCUT2D eigenvalue weighted by Crippen LogP contribution is -2.57. The van der Waals surface area contributed by atoms with E-state index in [1.165, 1.54) is 12.1 Å². The van der Waals surface area contributed by atoms with Crippen LogP contribution in [-0.4, -0.2) is 85.5 Å². The van der Waals surface area contributed by atoms with Gasteiger partial charge in [0.25, 0.3) is 0 Å². The van der Waals surface area contributed by atoms with Gasteiger partial charge in [-0.05, 0) is 37.8 Å². The molecule has 160 valence electrons. The van der Waals surface area contributed by atoms with Crippen molar-refractivity contribution in [1.29, 1.82) is 0 Å². The van der Waals surface area contributed by atoms with E-state index < -0.39 is 11.6 Å². The second-order valence-electron chi connectivity index (χ2n) is 7.69. The smallest absolute Gasteiger partial charge is 0.239 e. The fourth-order valence-electron chi connectivity index (χ4n) is 4.04. The van der Waals surface area contributed by atoms with E-state index in [0.29, 0.717) is 18.5 Å². The minimum absolute atomic E-state index is 0.0910. The summed E-state index contributed by atoms with van der Waals surface area (Å²) >= 11 is 0. The largest absolute Gasteiger partial charge is 0.356 e. The second-order valence-corrected chi connectivity index (χ2v) is 7.69. The number of aliphatic imine (C=N–C) groups is 1. The van der Waals surface area contributed by atoms with Crippen molar-refractivity contribution in [3.63, 3.8) is 0 Å². The first-order chi connectivity index (χ1) is 14.0. The lowest BCUT2D eigenvalue weighted by molar-refractivity contribution is -0.135. The maximum Gasteiger partial charge on any atom is 0.239 e. The van der Waals surface area contributed by atoms with E-state index in [1.807, 2.05) is 11.8 Å². The van der Waals surface area contributed by atoms with Crippen molar-refractivity contribution in [1.82, 2.24) is 20.0 Å². The van der Waals surface area contributed by atoms with Gasteiger partial charge in [-0.25, -0.2) is 8.78 Å². The van der Waals surface area contributed by atoms with Crippen LogP contribution in [0.2, 0.25) is 0 Å². The van der Waals surface area contributed by atoms with Gasteiger partial charge in [0.1, 0.15) is 11.6 Å². The summed E-state index contributed by atoms with van der Waals surface area (Å²) in [6.45, 7) is 7.44. The molecule has 2 fully saturated rings. The Kier molecular flexibility index (Phi) is 7.41. The van der Waals surface area contributed by atoms with Crippen molar-refractivity contribution in [2.75, 3.05) is 52.9 Å². The second kappa shape index (κ2) is 10.0. The van der Waals surface area contributed by atoms with Crippen molar-refractivity contribution in [2.45, 2.75) is 32.2 Å². The highest BCUT2D eigenvalue weighted by atomic mass is 19.1. The Hall–Kier alpha value is -2.22. The maximum absolute atomic E-state index is 13.8. The van der Waals surface area contributed by atoms with Gasteiger partial charge >= 0.3 is 0 Å². The van der Waals surface area contributed by atoms with Crippen LogP contribution in [0.1, 0.15) is 25.3 Å². The van der Waals surface area contributed by atoms with E-state index in [1.54, 1.807) is 7.05 Å². The number of halogens is 2. The Morgan fingerprint density at radius 2 is 1.79 bits per heavy atom. The third kappa shape index (κ3) is 5.44. The summed E-state index contributed by atoms with van der Waals surface area (Å²) in [6.07, 6.45) is 2.67. The molecule has 1 aromatic rings. The Bertz CT molecular complexity index is 728. The third-order valence-electron chi connectivity index (χ3n) is 5.84. The van der Waals surface area contributed by atoms with Crippen LogP contribution >= 0.6 is 0 Å². The number of rotatable bonds is 5. The SMILES string of the molecule is CN=C(NCCc1ccc(F)cc1F)N1CCN(C(C)C(=O)N2CCCC2)CC1. The molecule has 1 atom stereocenters. The fraction of sp³-hybridized carbons (Fsp3) is 0.619. The van der Waals surface area contributed by atoms with Crippen LogP contribution in [0.15, 0.2) is 23.2 Å². The van der Waals surface area contributed by atoms with E-state index in [2.05, 4.69) is 20.1 Å². The van der Waals surface area contributed by atoms with Crippen LogP contribution in [0, 0.1) is 11.6 Å². The first-order valence-corrected chi connectivity index (χ1v) is 10.4. The van der Waals surface area contributed by atoms with Crippen LogP contribution in [0.5, 0.6) is 0 Å². The lowest BCUT2D eigenvalue weighted by Gasteiger charge is -2.39. The van der Waals surface area contributed by atoms with Gasteiger partial charge in [0, 0.05) is 58.9 Å². The zero-order valence-electron chi connectivity index (χ0n) is 17.3. The Morgan fingerprint density at radius 1 is 1.10 bits per heavy atom. The zero-order chi connectivity index (χ0) is 20.8. The number of carbonyl (C=O) groups excluding carboxylic acids is 1. The molecule has 2 saturated heterocycles. The molecule has 0 radical (unpaired) electrons. The molecule has 0 bridgehead atoms. The van der Waals surface area contributed by atoms with Crippen molar-refractivity contribution < 1.29 is 13.6 Å². The van der Waals surface area contributed by atoms with Crippen molar-refractivity contribution in [3.05, 3.63) is 35.4 Å². The standard InChI is InChI=1S/C21H31F2N5O/c1-16(20(29)27-9-3-4-10-27)26-11-13-28(14-12-26)21(24-2)25-8-7-17-5-6-18(22)15-19(17)23/h5-6,15-16H,3-4,7-14H2,1-2H3,(H,24,25). The van der Waals surface area contributed by atoms with E-state index in [9.17, 15) is 13.6 Å². The predicted octanol–water partition coefficient (Wildman–Crippen LogP) is 1.71. The number of piperazine rings is 1. The van der Waals surface area contributed by atoms with Gasteiger partial charge in [-0.1, -0.05) is 6.07 Å². The average molecular weight is 408 g/mol. The number of hydrogen-bond donors (Lipinski definition) is 1. The van der Waals surface area contributed by atoms with Crippen LogP contribution in [-0.2, 0) is 11.2 Å². The molecular weight excluding hydrogens is 376 g/mol. The molecule has 1 amide bonds. The Labute approximate surface area is 171 Å². The molecule has 1 unspecified atom stereocenters. The van der Waals surface area contributed by atoms with Crippen LogP contribution < -0.4 is 5.32 Å². The van der Waals surface area contributed by atoms with Crippen LogP contribution in [0.25, 0.3) is 0 Å². The minimum atomic E-state index is -0.565. The maximum atomic E-state index is 13.8. The summed E-state index contributed by atoms with van der Waals surface area (Å²) in [5.74, 6) is -0.0807. The van der Waals surface area contributed by atoms with Crippen molar-refractivity contribution in [2.24, 2.45) is 4.99 Å². The highest BCUT2D eigenvalue weighted by molar-refractivity contribution is 5.82. The van der Waals surface area contributed by atoms with Gasteiger partial charge in [0.15, 0.2) is 5.96 Å². The highest BCUT2D eigenvalue weighted by Crippen LogP contribution is 2.14. The normalized spacial score (nSPS) is 19.5. The molecule has 2 aliphatic heterocycles. The summed E-state index contributed by atoms with van der Waals surface area (Å²) in [5.41, 5.74) is 0.480. The Morgan fingerprint density at radius 3 is 2.41 bits per heavy atom. The molecule has 6 nitrogen and oxygen atoms in total. The molecule has 0 saturated carbocycles. The molecule has 0 spiro atoms. The molecule has 8 heteroatoms. The monoisotopic (exact) mass is 407 g/mol. The summed E-state index contributed by atoms with van der Waals surface area (Å²) < 4.78 is 26.8. The average Bonchev–Trinajstić information content (AvgIpc) is 3.26. The first-order valence-electron chi connectivity index (χ1n) is 10.4. The van der Waals surface area contributed by atoms with E-state index in [4.69, 9.17) is 0 Å². The lowest BCUT2D eigenvalue weighted by atomic mass is 10.1. The van der Waals surface area contributed by atoms with Gasteiger partial charge < -0.3 is 15.1 Å². The number of nitrogens with one attached hydrogen (secondary N) is 1. The van der Waals surface area contributed by atoms with E-state index in [-0.39, 0.29) is 11.9 Å². The molecule has 0 aromatic heterocycles. The number of nitrogens with zero attached hydrogens (tertiary/aromatic N) is 4. The summed E-state index contributed by atoms with van der Waals surface area (Å²) in [6, 6.07) is 3.57. The third-order valence-corrected chi connectivity index (χ3v) is 5.84. The zero-order valence-corrected chi connectivity index (χ0v) is 17.3. The van der Waals surface area contributed by atoms with Gasteiger partial charge in [0.05, 0.1) is 6.04 Å². The molecule has 0 aliphatic carbocycles. The number of hydrogen-bond acceptors (Lipinski definition) is 3. The number of benzene rings is 1. The number of carbonyl (C=O) groups is 1. The fourth-order valence-corrected chi connectivity index (χ4v) is 4.04. The predicted molar refractivity (Wildman–Crippen MR) is 110 cm³/mol. The molecular formula is C21H31F2N5O. The molecule has 1 aromatic carbocycles. The quantitative estimate of drug-likeness (QED) is 0.597. The van der Waals surface area contributed by atoms with Crippen LogP contribution in [0.3, 0.4) is 0 Å². The Balaban J connectivity index is 1.45. The van der Waals surface area contributed by atoms with E-state index in [0.717, 1.165) is 64.1 Å². The summed E-state index contributed by atoms with van der Waals surface area (Å²) in [4.78, 5) is 23.3. The van der Waals surface area contributed by atoms with Gasteiger partial charge in [-0.2, -0.15) is 0 Å². The number of likely N-dealkylation sites (tertiary alicyclic amines) is 1. The minimum Gasteiger partial charge on any atom is -0.356 e. The van der Waals surface area contributed by atoms with Gasteiger partial charge in [-0.3, -0.25) is 14.7 Å². The molecule has 1 N–H and O–H groups in total. The number of amides is 1.